The Morgan fingerprint density at radius 1 is 0.963 bits per heavy atom. The molecular weight excluding hydrogens is 355 g/mol. The Morgan fingerprint density at radius 3 is 2.52 bits per heavy atom. The first-order valence-corrected chi connectivity index (χ1v) is 8.85. The zero-order valence-electron chi connectivity index (χ0n) is 14.5. The summed E-state index contributed by atoms with van der Waals surface area (Å²) >= 11 is 0. The predicted octanol–water partition coefficient (Wildman–Crippen LogP) is 4.03. The van der Waals surface area contributed by atoms with Gasteiger partial charge in [-0.1, -0.05) is 24.3 Å². The van der Waals surface area contributed by atoms with Crippen LogP contribution in [0.1, 0.15) is 17.2 Å². The van der Waals surface area contributed by atoms with Crippen molar-refractivity contribution in [3.05, 3.63) is 71.3 Å². The minimum atomic E-state index is -4.31. The lowest BCUT2D eigenvalue weighted by Gasteiger charge is -2.41. The van der Waals surface area contributed by atoms with Gasteiger partial charge in [-0.05, 0) is 35.9 Å². The largest absolute Gasteiger partial charge is 0.489 e. The minimum Gasteiger partial charge on any atom is -0.489 e. The normalized spacial score (nSPS) is 22.6. The number of fused-ring (bicyclic) bond motifs is 5. The molecule has 3 aliphatic rings. The standard InChI is InChI=1S/C20H18F3N3O/c21-20(22,23)15-5-7-16(8-6-15)24-12-25-10-9-14-11-27-18-4-2-1-3-17(18)19(14)26(25)13-24/h1-9,19H,10-13H2. The lowest BCUT2D eigenvalue weighted by molar-refractivity contribution is -0.137. The number of nitrogens with zero attached hydrogens (tertiary/aromatic N) is 3. The van der Waals surface area contributed by atoms with Gasteiger partial charge in [0.15, 0.2) is 0 Å². The molecule has 0 N–H and O–H groups in total. The fourth-order valence-corrected chi connectivity index (χ4v) is 4.04. The number of benzene rings is 2. The van der Waals surface area contributed by atoms with E-state index in [0.29, 0.717) is 19.9 Å². The van der Waals surface area contributed by atoms with Crippen LogP contribution >= 0.6 is 0 Å². The van der Waals surface area contributed by atoms with Gasteiger partial charge in [0.1, 0.15) is 12.4 Å². The Bertz CT molecular complexity index is 894. The Hall–Kier alpha value is -2.51. The van der Waals surface area contributed by atoms with Crippen molar-refractivity contribution in [3.8, 4) is 5.75 Å². The second kappa shape index (κ2) is 6.00. The molecule has 27 heavy (non-hydrogen) atoms. The second-order valence-corrected chi connectivity index (χ2v) is 7.00. The van der Waals surface area contributed by atoms with E-state index in [1.165, 1.54) is 5.57 Å². The monoisotopic (exact) mass is 373 g/mol. The summed E-state index contributed by atoms with van der Waals surface area (Å²) in [6, 6.07) is 13.5. The summed E-state index contributed by atoms with van der Waals surface area (Å²) in [4.78, 5) is 2.09. The van der Waals surface area contributed by atoms with Crippen LogP contribution in [0.4, 0.5) is 18.9 Å². The Balaban J connectivity index is 1.42. The molecule has 7 heteroatoms. The van der Waals surface area contributed by atoms with Crippen LogP contribution in [-0.2, 0) is 6.18 Å². The Kier molecular flexibility index (Phi) is 3.70. The van der Waals surface area contributed by atoms with Crippen molar-refractivity contribution in [1.82, 2.24) is 10.0 Å². The molecule has 0 spiro atoms. The van der Waals surface area contributed by atoms with Gasteiger partial charge >= 0.3 is 6.18 Å². The number of hydrazine groups is 1. The van der Waals surface area contributed by atoms with E-state index in [1.807, 2.05) is 18.2 Å². The third-order valence-corrected chi connectivity index (χ3v) is 5.39. The van der Waals surface area contributed by atoms with E-state index in [9.17, 15) is 13.2 Å². The molecule has 2 aromatic rings. The van der Waals surface area contributed by atoms with Crippen molar-refractivity contribution >= 4 is 5.69 Å². The molecule has 0 saturated carbocycles. The van der Waals surface area contributed by atoms with Crippen molar-refractivity contribution in [3.63, 3.8) is 0 Å². The van der Waals surface area contributed by atoms with Gasteiger partial charge in [-0.3, -0.25) is 0 Å². The molecule has 5 rings (SSSR count). The molecule has 3 heterocycles. The van der Waals surface area contributed by atoms with Crippen LogP contribution in [0, 0.1) is 0 Å². The highest BCUT2D eigenvalue weighted by atomic mass is 19.4. The summed E-state index contributed by atoms with van der Waals surface area (Å²) in [6.07, 6.45) is -2.11. The fourth-order valence-electron chi connectivity index (χ4n) is 4.04. The smallest absolute Gasteiger partial charge is 0.416 e. The lowest BCUT2D eigenvalue weighted by Crippen LogP contribution is -2.45. The molecule has 4 nitrogen and oxygen atoms in total. The zero-order valence-corrected chi connectivity index (χ0v) is 14.5. The molecular formula is C20H18F3N3O. The zero-order chi connectivity index (χ0) is 18.6. The summed E-state index contributed by atoms with van der Waals surface area (Å²) in [6.45, 7) is 2.62. The number of anilines is 1. The molecule has 1 saturated heterocycles. The average Bonchev–Trinajstić information content (AvgIpc) is 3.11. The van der Waals surface area contributed by atoms with Gasteiger partial charge in [0, 0.05) is 17.8 Å². The molecule has 2 aromatic carbocycles. The third kappa shape index (κ3) is 2.78. The van der Waals surface area contributed by atoms with Crippen LogP contribution in [0.2, 0.25) is 0 Å². The molecule has 0 amide bonds. The van der Waals surface area contributed by atoms with Crippen LogP contribution in [-0.4, -0.2) is 36.5 Å². The first-order valence-electron chi connectivity index (χ1n) is 8.85. The maximum absolute atomic E-state index is 12.8. The number of rotatable bonds is 1. The SMILES string of the molecule is FC(F)(F)c1ccc(N2CN3CC=C4COc5ccccc5C4N3C2)cc1. The molecule has 0 bridgehead atoms. The van der Waals surface area contributed by atoms with E-state index >= 15 is 0 Å². The molecule has 0 aliphatic carbocycles. The molecule has 3 aliphatic heterocycles. The number of halogens is 3. The maximum atomic E-state index is 12.8. The number of alkyl halides is 3. The average molecular weight is 373 g/mol. The van der Waals surface area contributed by atoms with Gasteiger partial charge < -0.3 is 9.64 Å². The highest BCUT2D eigenvalue weighted by Crippen LogP contribution is 2.43. The van der Waals surface area contributed by atoms with Gasteiger partial charge in [-0.25, -0.2) is 10.0 Å². The molecule has 0 aromatic heterocycles. The molecule has 1 atom stereocenters. The van der Waals surface area contributed by atoms with Crippen LogP contribution in [0.5, 0.6) is 5.75 Å². The fraction of sp³-hybridized carbons (Fsp3) is 0.300. The van der Waals surface area contributed by atoms with Crippen LogP contribution in [0.15, 0.2) is 60.2 Å². The van der Waals surface area contributed by atoms with Crippen LogP contribution < -0.4 is 9.64 Å². The maximum Gasteiger partial charge on any atom is 0.416 e. The van der Waals surface area contributed by atoms with Gasteiger partial charge in [0.25, 0.3) is 0 Å². The van der Waals surface area contributed by atoms with Gasteiger partial charge in [0.2, 0.25) is 0 Å². The van der Waals surface area contributed by atoms with Gasteiger partial charge in [-0.15, -0.1) is 0 Å². The summed E-state index contributed by atoms with van der Waals surface area (Å²) in [7, 11) is 0. The highest BCUT2D eigenvalue weighted by Gasteiger charge is 2.41. The van der Waals surface area contributed by atoms with Crippen molar-refractivity contribution in [2.24, 2.45) is 0 Å². The summed E-state index contributed by atoms with van der Waals surface area (Å²) in [5.41, 5.74) is 2.54. The Morgan fingerprint density at radius 2 is 1.74 bits per heavy atom. The van der Waals surface area contributed by atoms with Crippen molar-refractivity contribution in [1.29, 1.82) is 0 Å². The van der Waals surface area contributed by atoms with Crippen LogP contribution in [0.3, 0.4) is 0 Å². The highest BCUT2D eigenvalue weighted by molar-refractivity contribution is 5.50. The number of ether oxygens (including phenoxy) is 1. The van der Waals surface area contributed by atoms with Gasteiger partial charge in [0.05, 0.1) is 24.9 Å². The molecule has 140 valence electrons. The van der Waals surface area contributed by atoms with Crippen molar-refractivity contribution < 1.29 is 17.9 Å². The summed E-state index contributed by atoms with van der Waals surface area (Å²) in [5, 5.41) is 4.52. The van der Waals surface area contributed by atoms with E-state index < -0.39 is 11.7 Å². The van der Waals surface area contributed by atoms with Crippen LogP contribution in [0.25, 0.3) is 0 Å². The first-order chi connectivity index (χ1) is 13.0. The van der Waals surface area contributed by atoms with Crippen molar-refractivity contribution in [2.75, 3.05) is 31.4 Å². The Labute approximate surface area is 155 Å². The van der Waals surface area contributed by atoms with E-state index in [2.05, 4.69) is 27.1 Å². The number of hydrogen-bond acceptors (Lipinski definition) is 4. The topological polar surface area (TPSA) is 19.0 Å². The van der Waals surface area contributed by atoms with E-state index in [1.54, 1.807) is 12.1 Å². The van der Waals surface area contributed by atoms with E-state index in [-0.39, 0.29) is 6.04 Å². The summed E-state index contributed by atoms with van der Waals surface area (Å²) < 4.78 is 44.3. The second-order valence-electron chi connectivity index (χ2n) is 7.00. The number of para-hydroxylation sites is 1. The number of hydrogen-bond donors (Lipinski definition) is 0. The molecule has 1 unspecified atom stereocenters. The third-order valence-electron chi connectivity index (χ3n) is 5.39. The van der Waals surface area contributed by atoms with Gasteiger partial charge in [-0.2, -0.15) is 13.2 Å². The lowest BCUT2D eigenvalue weighted by atomic mass is 9.94. The minimum absolute atomic E-state index is 0.114. The first kappa shape index (κ1) is 16.6. The van der Waals surface area contributed by atoms with Crippen molar-refractivity contribution in [2.45, 2.75) is 12.2 Å². The summed E-state index contributed by atoms with van der Waals surface area (Å²) in [5.74, 6) is 0.898. The quantitative estimate of drug-likeness (QED) is 0.703. The van der Waals surface area contributed by atoms with E-state index in [0.717, 1.165) is 35.7 Å². The molecule has 0 radical (unpaired) electrons. The predicted molar refractivity (Wildman–Crippen MR) is 95.0 cm³/mol. The van der Waals surface area contributed by atoms with E-state index in [4.69, 9.17) is 4.74 Å². The molecule has 1 fully saturated rings.